The van der Waals surface area contributed by atoms with Crippen LogP contribution in [0.1, 0.15) is 23.1 Å². The number of benzene rings is 2. The van der Waals surface area contributed by atoms with E-state index in [1.165, 1.54) is 23.5 Å². The molecule has 0 N–H and O–H groups in total. The molecule has 4 heteroatoms. The zero-order chi connectivity index (χ0) is 17.5. The van der Waals surface area contributed by atoms with E-state index >= 15 is 0 Å². The fourth-order valence-corrected chi connectivity index (χ4v) is 5.17. The summed E-state index contributed by atoms with van der Waals surface area (Å²) in [6.07, 6.45) is 5.79. The number of rotatable bonds is 6. The highest BCUT2D eigenvalue weighted by atomic mass is 32.2. The van der Waals surface area contributed by atoms with Crippen molar-refractivity contribution >= 4 is 29.6 Å². The number of thioether (sulfide) groups is 2. The SMILES string of the molecule is COc1cc(/C=C/C2SCCCS2)ccc1OCc1ccc(C)cc1. The van der Waals surface area contributed by atoms with Gasteiger partial charge in [-0.25, -0.2) is 0 Å². The molecule has 132 valence electrons. The highest BCUT2D eigenvalue weighted by Crippen LogP contribution is 2.33. The Kier molecular flexibility index (Phi) is 6.76. The molecule has 0 radical (unpaired) electrons. The first-order valence-corrected chi connectivity index (χ1v) is 10.6. The van der Waals surface area contributed by atoms with E-state index in [-0.39, 0.29) is 0 Å². The predicted molar refractivity (Wildman–Crippen MR) is 111 cm³/mol. The molecular formula is C21H24O2S2. The van der Waals surface area contributed by atoms with Gasteiger partial charge in [0.1, 0.15) is 6.61 Å². The predicted octanol–water partition coefficient (Wildman–Crippen LogP) is 5.79. The maximum Gasteiger partial charge on any atom is 0.161 e. The average molecular weight is 373 g/mol. The molecule has 2 aromatic carbocycles. The van der Waals surface area contributed by atoms with Crippen molar-refractivity contribution in [2.45, 2.75) is 24.5 Å². The van der Waals surface area contributed by atoms with Gasteiger partial charge in [-0.3, -0.25) is 0 Å². The van der Waals surface area contributed by atoms with Gasteiger partial charge in [-0.1, -0.05) is 48.0 Å². The van der Waals surface area contributed by atoms with Crippen LogP contribution in [0, 0.1) is 6.92 Å². The van der Waals surface area contributed by atoms with Crippen LogP contribution in [0.5, 0.6) is 11.5 Å². The quantitative estimate of drug-likeness (QED) is 0.638. The Morgan fingerprint density at radius 1 is 1.04 bits per heavy atom. The summed E-state index contributed by atoms with van der Waals surface area (Å²) in [5.41, 5.74) is 3.56. The molecule has 1 aliphatic rings. The van der Waals surface area contributed by atoms with Gasteiger partial charge in [0.05, 0.1) is 11.7 Å². The van der Waals surface area contributed by atoms with Crippen LogP contribution >= 0.6 is 23.5 Å². The monoisotopic (exact) mass is 372 g/mol. The molecule has 2 aromatic rings. The molecule has 0 aromatic heterocycles. The summed E-state index contributed by atoms with van der Waals surface area (Å²) in [5, 5.41) is 0. The molecule has 1 aliphatic heterocycles. The van der Waals surface area contributed by atoms with Gasteiger partial charge >= 0.3 is 0 Å². The van der Waals surface area contributed by atoms with Crippen molar-refractivity contribution in [3.05, 3.63) is 65.2 Å². The van der Waals surface area contributed by atoms with Crippen LogP contribution in [0.2, 0.25) is 0 Å². The van der Waals surface area contributed by atoms with Crippen LogP contribution in [0.4, 0.5) is 0 Å². The molecule has 0 atom stereocenters. The Morgan fingerprint density at radius 2 is 1.80 bits per heavy atom. The third kappa shape index (κ3) is 5.48. The summed E-state index contributed by atoms with van der Waals surface area (Å²) in [6.45, 7) is 2.63. The number of aryl methyl sites for hydroxylation is 1. The smallest absolute Gasteiger partial charge is 0.161 e. The lowest BCUT2D eigenvalue weighted by Gasteiger charge is -2.17. The van der Waals surface area contributed by atoms with Gasteiger partial charge in [0.2, 0.25) is 0 Å². The van der Waals surface area contributed by atoms with Crippen molar-refractivity contribution < 1.29 is 9.47 Å². The second-order valence-corrected chi connectivity index (χ2v) is 8.80. The topological polar surface area (TPSA) is 18.5 Å². The minimum atomic E-state index is 0.543. The molecule has 0 aliphatic carbocycles. The number of hydrogen-bond donors (Lipinski definition) is 0. The summed E-state index contributed by atoms with van der Waals surface area (Å²) in [6, 6.07) is 14.5. The lowest BCUT2D eigenvalue weighted by atomic mass is 10.1. The molecule has 3 rings (SSSR count). The Labute approximate surface area is 159 Å². The fourth-order valence-electron chi connectivity index (χ4n) is 2.56. The van der Waals surface area contributed by atoms with E-state index in [0.717, 1.165) is 22.6 Å². The van der Waals surface area contributed by atoms with E-state index < -0.39 is 0 Å². The normalized spacial score (nSPS) is 15.4. The zero-order valence-corrected chi connectivity index (χ0v) is 16.4. The van der Waals surface area contributed by atoms with E-state index in [1.54, 1.807) is 7.11 Å². The minimum absolute atomic E-state index is 0.543. The average Bonchev–Trinajstić information content (AvgIpc) is 2.67. The maximum atomic E-state index is 5.95. The zero-order valence-electron chi connectivity index (χ0n) is 14.7. The van der Waals surface area contributed by atoms with E-state index in [2.05, 4.69) is 49.4 Å². The molecule has 0 unspecified atom stereocenters. The summed E-state index contributed by atoms with van der Waals surface area (Å²) in [7, 11) is 1.69. The lowest BCUT2D eigenvalue weighted by molar-refractivity contribution is 0.284. The first kappa shape index (κ1) is 18.3. The first-order chi connectivity index (χ1) is 12.2. The Hall–Kier alpha value is -1.52. The second kappa shape index (κ2) is 9.25. The van der Waals surface area contributed by atoms with Gasteiger partial charge in [0, 0.05) is 0 Å². The van der Waals surface area contributed by atoms with Crippen LogP contribution in [0.25, 0.3) is 6.08 Å². The van der Waals surface area contributed by atoms with Crippen molar-refractivity contribution in [2.75, 3.05) is 18.6 Å². The number of ether oxygens (including phenoxy) is 2. The molecule has 1 fully saturated rings. The molecular weight excluding hydrogens is 348 g/mol. The molecule has 1 saturated heterocycles. The Balaban J connectivity index is 1.64. The molecule has 0 bridgehead atoms. The highest BCUT2D eigenvalue weighted by molar-refractivity contribution is 8.17. The highest BCUT2D eigenvalue weighted by Gasteiger charge is 2.11. The number of hydrogen-bond acceptors (Lipinski definition) is 4. The third-order valence-electron chi connectivity index (χ3n) is 4.00. The van der Waals surface area contributed by atoms with E-state index in [9.17, 15) is 0 Å². The van der Waals surface area contributed by atoms with Crippen molar-refractivity contribution in [3.63, 3.8) is 0 Å². The minimum Gasteiger partial charge on any atom is -0.493 e. The Morgan fingerprint density at radius 3 is 2.52 bits per heavy atom. The number of methoxy groups -OCH3 is 1. The first-order valence-electron chi connectivity index (χ1n) is 8.52. The van der Waals surface area contributed by atoms with Gasteiger partial charge in [-0.2, -0.15) is 0 Å². The van der Waals surface area contributed by atoms with Crippen molar-refractivity contribution in [1.82, 2.24) is 0 Å². The largest absolute Gasteiger partial charge is 0.493 e. The standard InChI is InChI=1S/C21H24O2S2/c1-16-4-6-18(7-5-16)15-23-19-10-8-17(14-20(19)22-2)9-11-21-24-12-3-13-25-21/h4-11,14,21H,3,12-13,15H2,1-2H3/b11-9+. The molecule has 0 amide bonds. The van der Waals surface area contributed by atoms with Gasteiger partial charge < -0.3 is 9.47 Å². The summed E-state index contributed by atoms with van der Waals surface area (Å²) in [4.78, 5) is 0. The van der Waals surface area contributed by atoms with Gasteiger partial charge in [0.25, 0.3) is 0 Å². The van der Waals surface area contributed by atoms with E-state index in [1.807, 2.05) is 35.7 Å². The summed E-state index contributed by atoms with van der Waals surface area (Å²) >= 11 is 4.04. The van der Waals surface area contributed by atoms with Gasteiger partial charge in [-0.05, 0) is 48.1 Å². The summed E-state index contributed by atoms with van der Waals surface area (Å²) < 4.78 is 12.0. The molecule has 2 nitrogen and oxygen atoms in total. The molecule has 0 saturated carbocycles. The van der Waals surface area contributed by atoms with E-state index in [0.29, 0.717) is 11.2 Å². The maximum absolute atomic E-state index is 5.95. The van der Waals surface area contributed by atoms with Gasteiger partial charge in [0.15, 0.2) is 11.5 Å². The van der Waals surface area contributed by atoms with Crippen LogP contribution < -0.4 is 9.47 Å². The van der Waals surface area contributed by atoms with Crippen molar-refractivity contribution in [3.8, 4) is 11.5 Å². The molecule has 1 heterocycles. The Bertz CT molecular complexity index is 704. The molecule has 25 heavy (non-hydrogen) atoms. The van der Waals surface area contributed by atoms with Crippen LogP contribution in [0.3, 0.4) is 0 Å². The second-order valence-electron chi connectivity index (χ2n) is 6.01. The van der Waals surface area contributed by atoms with Crippen molar-refractivity contribution in [1.29, 1.82) is 0 Å². The van der Waals surface area contributed by atoms with Crippen LogP contribution in [0.15, 0.2) is 48.5 Å². The fraction of sp³-hybridized carbons (Fsp3) is 0.333. The van der Waals surface area contributed by atoms with Gasteiger partial charge in [-0.15, -0.1) is 23.5 Å². The molecule has 0 spiro atoms. The van der Waals surface area contributed by atoms with Crippen LogP contribution in [-0.4, -0.2) is 23.2 Å². The van der Waals surface area contributed by atoms with Crippen molar-refractivity contribution in [2.24, 2.45) is 0 Å². The van der Waals surface area contributed by atoms with Crippen LogP contribution in [-0.2, 0) is 6.61 Å². The van der Waals surface area contributed by atoms with E-state index in [4.69, 9.17) is 9.47 Å². The third-order valence-corrected chi connectivity index (χ3v) is 6.84. The lowest BCUT2D eigenvalue weighted by Crippen LogP contribution is -2.03. The summed E-state index contributed by atoms with van der Waals surface area (Å²) in [5.74, 6) is 4.08.